The Morgan fingerprint density at radius 2 is 2.14 bits per heavy atom. The second-order valence-electron chi connectivity index (χ2n) is 3.02. The van der Waals surface area contributed by atoms with Crippen molar-refractivity contribution in [3.63, 3.8) is 0 Å². The average molecular weight is 194 g/mol. The van der Waals surface area contributed by atoms with Crippen LogP contribution in [-0.2, 0) is 4.79 Å². The Morgan fingerprint density at radius 1 is 1.50 bits per heavy atom. The van der Waals surface area contributed by atoms with Gasteiger partial charge in [0.25, 0.3) is 0 Å². The Balaban J connectivity index is 2.49. The topological polar surface area (TPSA) is 66.9 Å². The summed E-state index contributed by atoms with van der Waals surface area (Å²) in [6.45, 7) is 2.48. The van der Waals surface area contributed by atoms with Gasteiger partial charge in [-0.2, -0.15) is 0 Å². The summed E-state index contributed by atoms with van der Waals surface area (Å²) in [4.78, 5) is 19.3. The quantitative estimate of drug-likeness (QED) is 0.722. The van der Waals surface area contributed by atoms with E-state index in [2.05, 4.69) is 20.6 Å². The molecule has 5 nitrogen and oxygen atoms in total. The molecule has 1 unspecified atom stereocenters. The Bertz CT molecular complexity index is 288. The van der Waals surface area contributed by atoms with Crippen molar-refractivity contribution in [3.05, 3.63) is 18.5 Å². The molecule has 0 aliphatic rings. The molecular weight excluding hydrogens is 180 g/mol. The van der Waals surface area contributed by atoms with E-state index in [0.29, 0.717) is 12.5 Å². The summed E-state index contributed by atoms with van der Waals surface area (Å²) < 4.78 is 0. The van der Waals surface area contributed by atoms with E-state index in [9.17, 15) is 4.79 Å². The summed E-state index contributed by atoms with van der Waals surface area (Å²) in [5, 5.41) is 5.56. The molecule has 0 aliphatic carbocycles. The molecule has 0 radical (unpaired) electrons. The number of rotatable bonds is 4. The molecule has 0 aromatic carbocycles. The lowest BCUT2D eigenvalue weighted by Gasteiger charge is -2.09. The number of hydrogen-bond acceptors (Lipinski definition) is 4. The van der Waals surface area contributed by atoms with Crippen molar-refractivity contribution >= 4 is 11.9 Å². The van der Waals surface area contributed by atoms with Crippen molar-refractivity contribution in [2.24, 2.45) is 5.92 Å². The van der Waals surface area contributed by atoms with Crippen molar-refractivity contribution in [2.75, 3.05) is 18.9 Å². The van der Waals surface area contributed by atoms with E-state index in [-0.39, 0.29) is 11.8 Å². The van der Waals surface area contributed by atoms with Crippen molar-refractivity contribution in [1.82, 2.24) is 15.3 Å². The number of anilines is 1. The predicted octanol–water partition coefficient (Wildman–Crippen LogP) is 0.271. The van der Waals surface area contributed by atoms with Crippen LogP contribution in [0.1, 0.15) is 6.92 Å². The van der Waals surface area contributed by atoms with E-state index in [0.717, 1.165) is 0 Å². The first kappa shape index (κ1) is 10.6. The van der Waals surface area contributed by atoms with Gasteiger partial charge >= 0.3 is 0 Å². The van der Waals surface area contributed by atoms with E-state index in [1.54, 1.807) is 18.5 Å². The van der Waals surface area contributed by atoms with Crippen LogP contribution in [0.2, 0.25) is 0 Å². The van der Waals surface area contributed by atoms with Gasteiger partial charge in [0.15, 0.2) is 0 Å². The van der Waals surface area contributed by atoms with Crippen LogP contribution in [0.3, 0.4) is 0 Å². The number of aromatic nitrogens is 2. The first-order valence-corrected chi connectivity index (χ1v) is 4.46. The lowest BCUT2D eigenvalue weighted by Crippen LogP contribution is -2.29. The van der Waals surface area contributed by atoms with Gasteiger partial charge in [-0.3, -0.25) is 10.1 Å². The molecule has 0 saturated carbocycles. The molecule has 1 aromatic rings. The Morgan fingerprint density at radius 3 is 2.71 bits per heavy atom. The molecule has 0 saturated heterocycles. The zero-order valence-electron chi connectivity index (χ0n) is 8.32. The van der Waals surface area contributed by atoms with Gasteiger partial charge in [-0.15, -0.1) is 0 Å². The summed E-state index contributed by atoms with van der Waals surface area (Å²) >= 11 is 0. The molecule has 1 rings (SSSR count). The van der Waals surface area contributed by atoms with Gasteiger partial charge in [-0.05, 0) is 13.1 Å². The van der Waals surface area contributed by atoms with Crippen LogP contribution in [0, 0.1) is 5.92 Å². The highest BCUT2D eigenvalue weighted by Crippen LogP contribution is 1.99. The van der Waals surface area contributed by atoms with Crippen molar-refractivity contribution in [1.29, 1.82) is 0 Å². The minimum atomic E-state index is -0.0937. The molecule has 1 heterocycles. The van der Waals surface area contributed by atoms with Gasteiger partial charge in [0, 0.05) is 24.9 Å². The largest absolute Gasteiger partial charge is 0.319 e. The number of carbonyl (C=O) groups excluding carboxylic acids is 1. The van der Waals surface area contributed by atoms with Crippen LogP contribution >= 0.6 is 0 Å². The summed E-state index contributed by atoms with van der Waals surface area (Å²) in [6, 6.07) is 1.70. The number of nitrogens with zero attached hydrogens (tertiary/aromatic N) is 2. The fourth-order valence-corrected chi connectivity index (χ4v) is 0.996. The smallest absolute Gasteiger partial charge is 0.230 e. The van der Waals surface area contributed by atoms with Crippen LogP contribution in [0.25, 0.3) is 0 Å². The SMILES string of the molecule is CNCC(C)C(=O)Nc1ncccn1. The van der Waals surface area contributed by atoms with Gasteiger partial charge in [0.1, 0.15) is 0 Å². The summed E-state index contributed by atoms with van der Waals surface area (Å²) in [5.41, 5.74) is 0. The Hall–Kier alpha value is -1.49. The second-order valence-corrected chi connectivity index (χ2v) is 3.02. The highest BCUT2D eigenvalue weighted by atomic mass is 16.2. The molecule has 0 bridgehead atoms. The first-order valence-electron chi connectivity index (χ1n) is 4.46. The maximum Gasteiger partial charge on any atom is 0.230 e. The van der Waals surface area contributed by atoms with E-state index < -0.39 is 0 Å². The molecule has 2 N–H and O–H groups in total. The zero-order chi connectivity index (χ0) is 10.4. The minimum absolute atomic E-state index is 0.0782. The standard InChI is InChI=1S/C9H14N4O/c1-7(6-10-2)8(14)13-9-11-4-3-5-12-9/h3-5,7,10H,6H2,1-2H3,(H,11,12,13,14). The minimum Gasteiger partial charge on any atom is -0.319 e. The lowest BCUT2D eigenvalue weighted by molar-refractivity contribution is -0.119. The summed E-state index contributed by atoms with van der Waals surface area (Å²) in [7, 11) is 1.81. The number of hydrogen-bond donors (Lipinski definition) is 2. The molecule has 1 aromatic heterocycles. The van der Waals surface area contributed by atoms with Gasteiger partial charge in [-0.1, -0.05) is 6.92 Å². The van der Waals surface area contributed by atoms with Crippen LogP contribution in [0.15, 0.2) is 18.5 Å². The molecule has 5 heteroatoms. The molecule has 1 amide bonds. The number of nitrogens with one attached hydrogen (secondary N) is 2. The Kier molecular flexibility index (Phi) is 4.00. The summed E-state index contributed by atoms with van der Waals surface area (Å²) in [5.74, 6) is 0.176. The predicted molar refractivity (Wildman–Crippen MR) is 53.8 cm³/mol. The van der Waals surface area contributed by atoms with Crippen LogP contribution in [0.5, 0.6) is 0 Å². The van der Waals surface area contributed by atoms with Gasteiger partial charge in [-0.25, -0.2) is 9.97 Å². The fraction of sp³-hybridized carbons (Fsp3) is 0.444. The monoisotopic (exact) mass is 194 g/mol. The Labute approximate surface area is 83.0 Å². The van der Waals surface area contributed by atoms with Crippen molar-refractivity contribution < 1.29 is 4.79 Å². The third-order valence-corrected chi connectivity index (χ3v) is 1.76. The van der Waals surface area contributed by atoms with Crippen molar-refractivity contribution in [3.8, 4) is 0 Å². The average Bonchev–Trinajstić information content (AvgIpc) is 2.19. The molecule has 0 spiro atoms. The van der Waals surface area contributed by atoms with E-state index in [1.165, 1.54) is 0 Å². The highest BCUT2D eigenvalue weighted by Gasteiger charge is 2.12. The van der Waals surface area contributed by atoms with Crippen LogP contribution in [0.4, 0.5) is 5.95 Å². The fourth-order valence-electron chi connectivity index (χ4n) is 0.996. The van der Waals surface area contributed by atoms with Gasteiger partial charge in [0.05, 0.1) is 0 Å². The normalized spacial score (nSPS) is 12.1. The summed E-state index contributed by atoms with van der Waals surface area (Å²) in [6.07, 6.45) is 3.18. The lowest BCUT2D eigenvalue weighted by atomic mass is 10.2. The molecule has 0 aliphatic heterocycles. The van der Waals surface area contributed by atoms with Crippen LogP contribution < -0.4 is 10.6 Å². The highest BCUT2D eigenvalue weighted by molar-refractivity contribution is 5.90. The van der Waals surface area contributed by atoms with Crippen LogP contribution in [-0.4, -0.2) is 29.5 Å². The molecule has 0 fully saturated rings. The first-order chi connectivity index (χ1) is 6.74. The number of amides is 1. The maximum atomic E-state index is 11.5. The molecular formula is C9H14N4O. The van der Waals surface area contributed by atoms with E-state index in [1.807, 2.05) is 14.0 Å². The number of carbonyl (C=O) groups is 1. The van der Waals surface area contributed by atoms with E-state index >= 15 is 0 Å². The molecule has 14 heavy (non-hydrogen) atoms. The van der Waals surface area contributed by atoms with Gasteiger partial charge in [0.2, 0.25) is 11.9 Å². The third kappa shape index (κ3) is 3.10. The van der Waals surface area contributed by atoms with E-state index in [4.69, 9.17) is 0 Å². The molecule has 76 valence electrons. The third-order valence-electron chi connectivity index (χ3n) is 1.76. The van der Waals surface area contributed by atoms with Gasteiger partial charge < -0.3 is 5.32 Å². The maximum absolute atomic E-state index is 11.5. The molecule has 1 atom stereocenters. The second kappa shape index (κ2) is 5.29. The van der Waals surface area contributed by atoms with Crippen molar-refractivity contribution in [2.45, 2.75) is 6.92 Å². The zero-order valence-corrected chi connectivity index (χ0v) is 8.32.